The predicted octanol–water partition coefficient (Wildman–Crippen LogP) is 13.0. The molecule has 0 bridgehead atoms. The molecule has 0 radical (unpaired) electrons. The van der Waals surface area contributed by atoms with Gasteiger partial charge in [0, 0.05) is 83.6 Å². The van der Waals surface area contributed by atoms with Crippen LogP contribution in [0.5, 0.6) is 0 Å². The summed E-state index contributed by atoms with van der Waals surface area (Å²) in [6.07, 6.45) is 0. The Balaban J connectivity index is 0.000000155. The molecule has 0 unspecified atom stereocenters. The average Bonchev–Trinajstić information content (AvgIpc) is 3.29. The Hall–Kier alpha value is -7.44. The first-order chi connectivity index (χ1) is 29.2. The van der Waals surface area contributed by atoms with Gasteiger partial charge in [-0.25, -0.2) is 9.97 Å². The van der Waals surface area contributed by atoms with Crippen molar-refractivity contribution in [1.82, 2.24) is 19.9 Å². The van der Waals surface area contributed by atoms with Crippen LogP contribution in [0.1, 0.15) is 11.4 Å². The molecule has 0 spiro atoms. The quantitative estimate of drug-likeness (QED) is 0.157. The number of benzene rings is 6. The summed E-state index contributed by atoms with van der Waals surface area (Å²) < 4.78 is 0. The highest BCUT2D eigenvalue weighted by atomic mass is 15.1. The van der Waals surface area contributed by atoms with E-state index in [0.29, 0.717) is 0 Å². The molecule has 0 aliphatic rings. The maximum atomic E-state index is 5.04. The fourth-order valence-corrected chi connectivity index (χ4v) is 7.89. The maximum Gasteiger partial charge on any atom is 0.0974 e. The molecule has 6 aromatic carbocycles. The Morgan fingerprint density at radius 3 is 1.07 bits per heavy atom. The first-order valence-corrected chi connectivity index (χ1v) is 20.3. The lowest BCUT2D eigenvalue weighted by molar-refractivity contribution is 1.13. The number of fused-ring (bicyclic) bond motifs is 6. The third-order valence-electron chi connectivity index (χ3n) is 11.1. The minimum atomic E-state index is 0.934. The molecule has 10 aromatic rings. The zero-order valence-electron chi connectivity index (χ0n) is 34.8. The van der Waals surface area contributed by atoms with Crippen LogP contribution in [0, 0.1) is 13.8 Å². The summed E-state index contributed by atoms with van der Waals surface area (Å²) in [6, 6.07) is 59.4. The normalized spacial score (nSPS) is 11.2. The van der Waals surface area contributed by atoms with Gasteiger partial charge in [0.25, 0.3) is 0 Å². The topological polar surface area (TPSA) is 58.0 Å². The maximum absolute atomic E-state index is 5.04. The SMILES string of the molecule is CN(C)c1ccc(-c2ccc3ccc4ccc(-c5ccc(N(C)C)cc5)nc4c3n2)cc1.Cc1cc(-c2ccccc2)c2ccc3c(-c4ccccc4)cc(C)nc3c2n1. The second-order valence-corrected chi connectivity index (χ2v) is 15.7. The Labute approximate surface area is 351 Å². The van der Waals surface area contributed by atoms with Crippen LogP contribution < -0.4 is 9.80 Å². The van der Waals surface area contributed by atoms with E-state index in [-0.39, 0.29) is 0 Å². The van der Waals surface area contributed by atoms with Gasteiger partial charge >= 0.3 is 0 Å². The Bertz CT molecular complexity index is 2930. The molecule has 0 amide bonds. The van der Waals surface area contributed by atoms with E-state index < -0.39 is 0 Å². The molecule has 0 aliphatic heterocycles. The van der Waals surface area contributed by atoms with Crippen molar-refractivity contribution in [3.8, 4) is 44.8 Å². The van der Waals surface area contributed by atoms with Crippen molar-refractivity contribution >= 4 is 55.0 Å². The van der Waals surface area contributed by atoms with Gasteiger partial charge in [0.1, 0.15) is 0 Å². The molecule has 6 nitrogen and oxygen atoms in total. The van der Waals surface area contributed by atoms with Crippen LogP contribution in [0.2, 0.25) is 0 Å². The van der Waals surface area contributed by atoms with Crippen LogP contribution in [-0.4, -0.2) is 48.1 Å². The standard InChI is InChI=1S/C28H26N4.C26H20N2/c1-31(2)23-13-7-19(8-14-23)25-17-11-21-5-6-22-12-18-26(30-28(22)27(21)29-25)20-9-15-24(16-10-20)32(3)4;1-17-15-23(19-9-5-3-6-10-19)21-13-14-22-24(20-11-7-4-8-12-20)16-18(2)28-26(22)25(21)27-17/h5-18H,1-4H3;3-16H,1-2H3. The van der Waals surface area contributed by atoms with E-state index in [1.165, 1.54) is 33.6 Å². The molecular weight excluding hydrogens is 733 g/mol. The molecule has 60 heavy (non-hydrogen) atoms. The van der Waals surface area contributed by atoms with Crippen LogP contribution >= 0.6 is 0 Å². The van der Waals surface area contributed by atoms with Crippen molar-refractivity contribution in [3.63, 3.8) is 0 Å². The number of hydrogen-bond acceptors (Lipinski definition) is 6. The molecule has 0 saturated heterocycles. The minimum absolute atomic E-state index is 0.934. The van der Waals surface area contributed by atoms with E-state index in [1.54, 1.807) is 0 Å². The number of hydrogen-bond donors (Lipinski definition) is 0. The lowest BCUT2D eigenvalue weighted by Crippen LogP contribution is -2.07. The van der Waals surface area contributed by atoms with Gasteiger partial charge in [-0.1, -0.05) is 121 Å². The van der Waals surface area contributed by atoms with Crippen LogP contribution in [0.3, 0.4) is 0 Å². The Morgan fingerprint density at radius 2 is 0.700 bits per heavy atom. The van der Waals surface area contributed by atoms with E-state index in [4.69, 9.17) is 19.9 Å². The third kappa shape index (κ3) is 7.51. The summed E-state index contributed by atoms with van der Waals surface area (Å²) in [4.78, 5) is 24.1. The van der Waals surface area contributed by atoms with Gasteiger partial charge in [-0.2, -0.15) is 0 Å². The van der Waals surface area contributed by atoms with Crippen molar-refractivity contribution in [3.05, 3.63) is 181 Å². The number of aryl methyl sites for hydroxylation is 2. The molecule has 0 atom stereocenters. The lowest BCUT2D eigenvalue weighted by Gasteiger charge is -2.13. The molecule has 0 saturated carbocycles. The van der Waals surface area contributed by atoms with Gasteiger partial charge in [-0.3, -0.25) is 9.97 Å². The minimum Gasteiger partial charge on any atom is -0.378 e. The first kappa shape index (κ1) is 38.1. The number of aromatic nitrogens is 4. The van der Waals surface area contributed by atoms with Crippen molar-refractivity contribution < 1.29 is 0 Å². The van der Waals surface area contributed by atoms with Crippen molar-refractivity contribution in [2.75, 3.05) is 38.0 Å². The zero-order valence-corrected chi connectivity index (χ0v) is 34.8. The fourth-order valence-electron chi connectivity index (χ4n) is 7.89. The zero-order chi connectivity index (χ0) is 41.3. The van der Waals surface area contributed by atoms with Gasteiger partial charge < -0.3 is 9.80 Å². The molecule has 4 heterocycles. The second kappa shape index (κ2) is 16.1. The van der Waals surface area contributed by atoms with E-state index >= 15 is 0 Å². The van der Waals surface area contributed by atoms with Crippen LogP contribution in [-0.2, 0) is 0 Å². The predicted molar refractivity (Wildman–Crippen MR) is 254 cm³/mol. The smallest absolute Gasteiger partial charge is 0.0974 e. The summed E-state index contributed by atoms with van der Waals surface area (Å²) in [7, 11) is 8.19. The van der Waals surface area contributed by atoms with Gasteiger partial charge in [0.15, 0.2) is 0 Å². The second-order valence-electron chi connectivity index (χ2n) is 15.7. The molecule has 6 heteroatoms. The van der Waals surface area contributed by atoms with Gasteiger partial charge in [0.05, 0.1) is 33.5 Å². The highest BCUT2D eigenvalue weighted by Gasteiger charge is 2.15. The van der Waals surface area contributed by atoms with E-state index in [0.717, 1.165) is 77.5 Å². The highest BCUT2D eigenvalue weighted by molar-refractivity contribution is 6.12. The van der Waals surface area contributed by atoms with Crippen LogP contribution in [0.4, 0.5) is 11.4 Å². The Morgan fingerprint density at radius 1 is 0.333 bits per heavy atom. The number of rotatable bonds is 6. The monoisotopic (exact) mass is 778 g/mol. The molecule has 4 aromatic heterocycles. The summed E-state index contributed by atoms with van der Waals surface area (Å²) in [5.74, 6) is 0. The lowest BCUT2D eigenvalue weighted by atomic mass is 9.95. The summed E-state index contributed by atoms with van der Waals surface area (Å²) in [6.45, 7) is 4.11. The molecule has 0 N–H and O–H groups in total. The molecular formula is C54H46N6. The first-order valence-electron chi connectivity index (χ1n) is 20.3. The summed E-state index contributed by atoms with van der Waals surface area (Å²) >= 11 is 0. The number of pyridine rings is 4. The van der Waals surface area contributed by atoms with E-state index in [1.807, 2.05) is 40.3 Å². The van der Waals surface area contributed by atoms with Gasteiger partial charge in [-0.05, 0) is 84.6 Å². The molecule has 0 fully saturated rings. The molecule has 0 aliphatic carbocycles. The Kier molecular flexibility index (Phi) is 10.2. The van der Waals surface area contributed by atoms with Crippen molar-refractivity contribution in [1.29, 1.82) is 0 Å². The fraction of sp³-hybridized carbons (Fsp3) is 0.111. The van der Waals surface area contributed by atoms with Crippen molar-refractivity contribution in [2.24, 2.45) is 0 Å². The number of anilines is 2. The van der Waals surface area contributed by atoms with Crippen LogP contribution in [0.15, 0.2) is 170 Å². The van der Waals surface area contributed by atoms with E-state index in [9.17, 15) is 0 Å². The largest absolute Gasteiger partial charge is 0.378 e. The summed E-state index contributed by atoms with van der Waals surface area (Å²) in [5, 5.41) is 4.47. The van der Waals surface area contributed by atoms with Crippen LogP contribution in [0.25, 0.3) is 88.4 Å². The number of nitrogens with zero attached hydrogens (tertiary/aromatic N) is 6. The van der Waals surface area contributed by atoms with Crippen molar-refractivity contribution in [2.45, 2.75) is 13.8 Å². The molecule has 10 rings (SSSR count). The third-order valence-corrected chi connectivity index (χ3v) is 11.1. The summed E-state index contributed by atoms with van der Waals surface area (Å²) in [5.41, 5.74) is 17.1. The van der Waals surface area contributed by atoms with Gasteiger partial charge in [0.2, 0.25) is 0 Å². The van der Waals surface area contributed by atoms with Gasteiger partial charge in [-0.15, -0.1) is 0 Å². The van der Waals surface area contributed by atoms with E-state index in [2.05, 4.69) is 181 Å². The highest BCUT2D eigenvalue weighted by Crippen LogP contribution is 2.36. The average molecular weight is 779 g/mol. The molecule has 292 valence electrons.